The SMILES string of the molecule is CC(C)C(C)(O)COc1ccc(Br)cc1CNC(C)(C)C. The molecule has 1 unspecified atom stereocenters. The first kappa shape index (κ1) is 18.5. The molecule has 0 aliphatic heterocycles. The summed E-state index contributed by atoms with van der Waals surface area (Å²) in [5.41, 5.74) is 0.295. The average Bonchev–Trinajstić information content (AvgIpc) is 2.34. The van der Waals surface area contributed by atoms with Crippen molar-refractivity contribution in [2.24, 2.45) is 5.92 Å². The van der Waals surface area contributed by atoms with E-state index in [0.29, 0.717) is 0 Å². The molecule has 0 aliphatic carbocycles. The molecule has 0 spiro atoms. The number of ether oxygens (including phenoxy) is 1. The van der Waals surface area contributed by atoms with Crippen LogP contribution in [-0.4, -0.2) is 22.9 Å². The summed E-state index contributed by atoms with van der Waals surface area (Å²) in [6, 6.07) is 5.96. The molecule has 0 amide bonds. The first-order chi connectivity index (χ1) is 9.51. The molecular weight excluding hydrogens is 330 g/mol. The van der Waals surface area contributed by atoms with Crippen LogP contribution in [0.2, 0.25) is 0 Å². The van der Waals surface area contributed by atoms with E-state index in [9.17, 15) is 5.11 Å². The zero-order chi connectivity index (χ0) is 16.3. The van der Waals surface area contributed by atoms with Gasteiger partial charge in [-0.25, -0.2) is 0 Å². The predicted octanol–water partition coefficient (Wildman–Crippen LogP) is 4.12. The van der Waals surface area contributed by atoms with Crippen molar-refractivity contribution < 1.29 is 9.84 Å². The van der Waals surface area contributed by atoms with Gasteiger partial charge in [0.25, 0.3) is 0 Å². The molecule has 0 radical (unpaired) electrons. The van der Waals surface area contributed by atoms with Gasteiger partial charge in [-0.05, 0) is 51.8 Å². The van der Waals surface area contributed by atoms with Crippen molar-refractivity contribution >= 4 is 15.9 Å². The largest absolute Gasteiger partial charge is 0.490 e. The third-order valence-electron chi connectivity index (χ3n) is 3.60. The second kappa shape index (κ2) is 7.12. The molecule has 21 heavy (non-hydrogen) atoms. The van der Waals surface area contributed by atoms with Gasteiger partial charge in [0.15, 0.2) is 0 Å². The number of rotatable bonds is 6. The lowest BCUT2D eigenvalue weighted by Crippen LogP contribution is -2.38. The van der Waals surface area contributed by atoms with Crippen LogP contribution in [0.15, 0.2) is 22.7 Å². The summed E-state index contributed by atoms with van der Waals surface area (Å²) in [4.78, 5) is 0. The van der Waals surface area contributed by atoms with Gasteiger partial charge in [0.05, 0.1) is 5.60 Å². The van der Waals surface area contributed by atoms with Crippen molar-refractivity contribution in [3.63, 3.8) is 0 Å². The van der Waals surface area contributed by atoms with Crippen LogP contribution in [0, 0.1) is 5.92 Å². The van der Waals surface area contributed by atoms with Gasteiger partial charge in [-0.15, -0.1) is 0 Å². The second-order valence-corrected chi connectivity index (χ2v) is 8.07. The Labute approximate surface area is 137 Å². The van der Waals surface area contributed by atoms with Crippen LogP contribution in [-0.2, 0) is 6.54 Å². The average molecular weight is 358 g/mol. The van der Waals surface area contributed by atoms with E-state index in [2.05, 4.69) is 48.1 Å². The van der Waals surface area contributed by atoms with Crippen molar-refractivity contribution in [1.82, 2.24) is 5.32 Å². The van der Waals surface area contributed by atoms with Crippen LogP contribution >= 0.6 is 15.9 Å². The summed E-state index contributed by atoms with van der Waals surface area (Å²) in [5.74, 6) is 0.958. The Kier molecular flexibility index (Phi) is 6.26. The van der Waals surface area contributed by atoms with E-state index in [1.54, 1.807) is 0 Å². The van der Waals surface area contributed by atoms with Crippen LogP contribution < -0.4 is 10.1 Å². The Balaban J connectivity index is 2.82. The molecule has 0 heterocycles. The highest BCUT2D eigenvalue weighted by Gasteiger charge is 2.26. The third kappa shape index (κ3) is 6.37. The molecule has 0 bridgehead atoms. The molecule has 1 aromatic carbocycles. The summed E-state index contributed by atoms with van der Waals surface area (Å²) in [6.45, 7) is 13.2. The van der Waals surface area contributed by atoms with Crippen LogP contribution in [0.3, 0.4) is 0 Å². The highest BCUT2D eigenvalue weighted by atomic mass is 79.9. The smallest absolute Gasteiger partial charge is 0.124 e. The quantitative estimate of drug-likeness (QED) is 0.804. The molecule has 0 aliphatic rings. The number of nitrogens with one attached hydrogen (secondary N) is 1. The number of hydrogen-bond donors (Lipinski definition) is 2. The number of halogens is 1. The summed E-state index contributed by atoms with van der Waals surface area (Å²) in [5, 5.41) is 13.8. The van der Waals surface area contributed by atoms with Crippen LogP contribution in [0.5, 0.6) is 5.75 Å². The fourth-order valence-corrected chi connectivity index (χ4v) is 1.99. The molecular formula is C17H28BrNO2. The molecule has 2 N–H and O–H groups in total. The van der Waals surface area contributed by atoms with Crippen molar-refractivity contribution in [1.29, 1.82) is 0 Å². The first-order valence-electron chi connectivity index (χ1n) is 7.40. The molecule has 0 saturated carbocycles. The molecule has 3 nitrogen and oxygen atoms in total. The Hall–Kier alpha value is -0.580. The van der Waals surface area contributed by atoms with Gasteiger partial charge in [0.1, 0.15) is 12.4 Å². The van der Waals surface area contributed by atoms with E-state index in [4.69, 9.17) is 4.74 Å². The topological polar surface area (TPSA) is 41.5 Å². The van der Waals surface area contributed by atoms with Gasteiger partial charge in [-0.3, -0.25) is 0 Å². The lowest BCUT2D eigenvalue weighted by Gasteiger charge is -2.28. The van der Waals surface area contributed by atoms with Crippen LogP contribution in [0.1, 0.15) is 47.1 Å². The minimum atomic E-state index is -0.832. The van der Waals surface area contributed by atoms with Crippen LogP contribution in [0.4, 0.5) is 0 Å². The van der Waals surface area contributed by atoms with Crippen molar-refractivity contribution in [3.8, 4) is 5.75 Å². The zero-order valence-electron chi connectivity index (χ0n) is 14.0. The standard InChI is InChI=1S/C17H28BrNO2/c1-12(2)17(6,20)11-21-15-8-7-14(18)9-13(15)10-19-16(3,4)5/h7-9,12,19-20H,10-11H2,1-6H3. The van der Waals surface area contributed by atoms with Gasteiger partial charge in [-0.1, -0.05) is 29.8 Å². The van der Waals surface area contributed by atoms with Gasteiger partial charge in [-0.2, -0.15) is 0 Å². The molecule has 0 fully saturated rings. The summed E-state index contributed by atoms with van der Waals surface area (Å²) >= 11 is 3.50. The van der Waals surface area contributed by atoms with Gasteiger partial charge < -0.3 is 15.2 Å². The summed E-state index contributed by atoms with van der Waals surface area (Å²) in [6.07, 6.45) is 0. The Morgan fingerprint density at radius 2 is 1.86 bits per heavy atom. The minimum absolute atomic E-state index is 0.0447. The van der Waals surface area contributed by atoms with E-state index in [1.807, 2.05) is 32.9 Å². The minimum Gasteiger partial charge on any atom is -0.490 e. The predicted molar refractivity (Wildman–Crippen MR) is 91.7 cm³/mol. The van der Waals surface area contributed by atoms with Crippen molar-refractivity contribution in [3.05, 3.63) is 28.2 Å². The van der Waals surface area contributed by atoms with E-state index in [-0.39, 0.29) is 18.1 Å². The summed E-state index contributed by atoms with van der Waals surface area (Å²) in [7, 11) is 0. The van der Waals surface area contributed by atoms with E-state index in [0.717, 1.165) is 22.3 Å². The summed E-state index contributed by atoms with van der Waals surface area (Å²) < 4.78 is 6.90. The van der Waals surface area contributed by atoms with Gasteiger partial charge >= 0.3 is 0 Å². The fourth-order valence-electron chi connectivity index (χ4n) is 1.58. The van der Waals surface area contributed by atoms with Crippen LogP contribution in [0.25, 0.3) is 0 Å². The van der Waals surface area contributed by atoms with E-state index < -0.39 is 5.60 Å². The lowest BCUT2D eigenvalue weighted by molar-refractivity contribution is -0.0269. The van der Waals surface area contributed by atoms with Gasteiger partial charge in [0, 0.05) is 22.1 Å². The van der Waals surface area contributed by atoms with E-state index >= 15 is 0 Å². The second-order valence-electron chi connectivity index (χ2n) is 7.16. The molecule has 120 valence electrons. The number of hydrogen-bond acceptors (Lipinski definition) is 3. The zero-order valence-corrected chi connectivity index (χ0v) is 15.5. The number of aliphatic hydroxyl groups is 1. The van der Waals surface area contributed by atoms with Crippen molar-refractivity contribution in [2.75, 3.05) is 6.61 Å². The maximum Gasteiger partial charge on any atom is 0.124 e. The molecule has 0 saturated heterocycles. The maximum absolute atomic E-state index is 10.3. The normalized spacial score (nSPS) is 15.1. The molecule has 1 rings (SSSR count). The first-order valence-corrected chi connectivity index (χ1v) is 8.19. The van der Waals surface area contributed by atoms with Gasteiger partial charge in [0.2, 0.25) is 0 Å². The Morgan fingerprint density at radius 1 is 1.24 bits per heavy atom. The maximum atomic E-state index is 10.3. The highest BCUT2D eigenvalue weighted by Crippen LogP contribution is 2.26. The van der Waals surface area contributed by atoms with E-state index in [1.165, 1.54) is 0 Å². The Bertz CT molecular complexity index is 464. The number of benzene rings is 1. The molecule has 4 heteroatoms. The highest BCUT2D eigenvalue weighted by molar-refractivity contribution is 9.10. The third-order valence-corrected chi connectivity index (χ3v) is 4.09. The fraction of sp³-hybridized carbons (Fsp3) is 0.647. The van der Waals surface area contributed by atoms with Crippen molar-refractivity contribution in [2.45, 2.75) is 59.2 Å². The lowest BCUT2D eigenvalue weighted by atomic mass is 9.94. The Morgan fingerprint density at radius 3 is 2.38 bits per heavy atom. The molecule has 0 aromatic heterocycles. The monoisotopic (exact) mass is 357 g/mol. The molecule has 1 atom stereocenters. The molecule has 1 aromatic rings.